The number of hydrogen-bond donors (Lipinski definition) is 0. The third kappa shape index (κ3) is 1.88. The number of carbonyl (C=O) groups is 1. The maximum absolute atomic E-state index is 13.0. The summed E-state index contributed by atoms with van der Waals surface area (Å²) in [6, 6.07) is 15.5. The van der Waals surface area contributed by atoms with Crippen LogP contribution < -0.4 is 4.90 Å². The first kappa shape index (κ1) is 12.0. The Morgan fingerprint density at radius 3 is 2.62 bits per heavy atom. The zero-order chi connectivity index (χ0) is 14.4. The lowest BCUT2D eigenvalue weighted by molar-refractivity contribution is 0.0996. The minimum absolute atomic E-state index is 0.0881. The van der Waals surface area contributed by atoms with Gasteiger partial charge >= 0.3 is 0 Å². The molecule has 3 aromatic rings. The van der Waals surface area contributed by atoms with Gasteiger partial charge in [0.1, 0.15) is 5.82 Å². The third-order valence-corrected chi connectivity index (χ3v) is 3.72. The molecule has 0 aliphatic carbocycles. The number of hydrogen-bond acceptors (Lipinski definition) is 2. The SMILES string of the molecule is O=C1c2cc3ccccc3nc2CN1c1ccc(F)cc1. The number of nitrogens with zero attached hydrogens (tertiary/aromatic N) is 2. The van der Waals surface area contributed by atoms with Crippen molar-refractivity contribution in [3.05, 3.63) is 71.7 Å². The molecule has 2 heterocycles. The van der Waals surface area contributed by atoms with Crippen molar-refractivity contribution in [1.29, 1.82) is 0 Å². The van der Waals surface area contributed by atoms with Crippen LogP contribution in [0.5, 0.6) is 0 Å². The molecule has 0 unspecified atom stereocenters. The van der Waals surface area contributed by atoms with Crippen LogP contribution in [-0.4, -0.2) is 10.9 Å². The summed E-state index contributed by atoms with van der Waals surface area (Å²) in [4.78, 5) is 18.7. The van der Waals surface area contributed by atoms with E-state index >= 15 is 0 Å². The van der Waals surface area contributed by atoms with Crippen LogP contribution in [-0.2, 0) is 6.54 Å². The molecule has 0 spiro atoms. The summed E-state index contributed by atoms with van der Waals surface area (Å²) in [6.07, 6.45) is 0. The van der Waals surface area contributed by atoms with Crippen molar-refractivity contribution in [3.8, 4) is 0 Å². The van der Waals surface area contributed by atoms with Gasteiger partial charge in [0.2, 0.25) is 0 Å². The van der Waals surface area contributed by atoms with Crippen molar-refractivity contribution in [2.45, 2.75) is 6.54 Å². The van der Waals surface area contributed by atoms with E-state index in [-0.39, 0.29) is 11.7 Å². The number of rotatable bonds is 1. The highest BCUT2D eigenvalue weighted by Crippen LogP contribution is 2.29. The molecule has 0 bridgehead atoms. The fourth-order valence-corrected chi connectivity index (χ4v) is 2.66. The second-order valence-corrected chi connectivity index (χ2v) is 5.04. The second-order valence-electron chi connectivity index (χ2n) is 5.04. The first-order valence-corrected chi connectivity index (χ1v) is 6.68. The van der Waals surface area contributed by atoms with Crippen molar-refractivity contribution < 1.29 is 9.18 Å². The molecule has 1 amide bonds. The summed E-state index contributed by atoms with van der Waals surface area (Å²) in [7, 11) is 0. The molecular weight excluding hydrogens is 267 g/mol. The lowest BCUT2D eigenvalue weighted by Gasteiger charge is -2.14. The van der Waals surface area contributed by atoms with Gasteiger partial charge in [-0.1, -0.05) is 18.2 Å². The Labute approximate surface area is 120 Å². The molecule has 2 aromatic carbocycles. The molecule has 21 heavy (non-hydrogen) atoms. The number of aromatic nitrogens is 1. The van der Waals surface area contributed by atoms with Crippen LogP contribution in [0.1, 0.15) is 16.1 Å². The van der Waals surface area contributed by atoms with Gasteiger partial charge in [0.05, 0.1) is 23.3 Å². The molecule has 1 aromatic heterocycles. The normalized spacial score (nSPS) is 13.8. The molecule has 4 rings (SSSR count). The molecule has 0 N–H and O–H groups in total. The van der Waals surface area contributed by atoms with Crippen molar-refractivity contribution in [2.24, 2.45) is 0 Å². The lowest BCUT2D eigenvalue weighted by atomic mass is 10.1. The molecule has 3 nitrogen and oxygen atoms in total. The summed E-state index contributed by atoms with van der Waals surface area (Å²) in [6.45, 7) is 0.421. The van der Waals surface area contributed by atoms with Crippen LogP contribution in [0, 0.1) is 5.82 Å². The Morgan fingerprint density at radius 2 is 1.81 bits per heavy atom. The van der Waals surface area contributed by atoms with Crippen LogP contribution in [0.2, 0.25) is 0 Å². The summed E-state index contributed by atoms with van der Waals surface area (Å²) in [5.41, 5.74) is 2.95. The Hall–Kier alpha value is -2.75. The first-order chi connectivity index (χ1) is 10.2. The van der Waals surface area contributed by atoms with E-state index in [4.69, 9.17) is 0 Å². The topological polar surface area (TPSA) is 33.2 Å². The van der Waals surface area contributed by atoms with Crippen molar-refractivity contribution in [1.82, 2.24) is 4.98 Å². The summed E-state index contributed by atoms with van der Waals surface area (Å²) in [5, 5.41) is 0.950. The van der Waals surface area contributed by atoms with E-state index in [1.165, 1.54) is 12.1 Å². The number of carbonyl (C=O) groups excluding carboxylic acids is 1. The van der Waals surface area contributed by atoms with Gasteiger partial charge < -0.3 is 4.90 Å². The fraction of sp³-hybridized carbons (Fsp3) is 0.0588. The molecule has 0 saturated carbocycles. The fourth-order valence-electron chi connectivity index (χ4n) is 2.66. The molecule has 1 aliphatic heterocycles. The molecule has 0 fully saturated rings. The Kier molecular flexibility index (Phi) is 2.51. The van der Waals surface area contributed by atoms with Crippen molar-refractivity contribution >= 4 is 22.5 Å². The molecule has 0 radical (unpaired) electrons. The third-order valence-electron chi connectivity index (χ3n) is 3.72. The highest BCUT2D eigenvalue weighted by Gasteiger charge is 2.30. The van der Waals surface area contributed by atoms with Crippen LogP contribution in [0.4, 0.5) is 10.1 Å². The van der Waals surface area contributed by atoms with E-state index in [1.54, 1.807) is 17.0 Å². The predicted molar refractivity (Wildman–Crippen MR) is 78.7 cm³/mol. The standard InChI is InChI=1S/C17H11FN2O/c18-12-5-7-13(8-6-12)20-10-16-14(17(20)21)9-11-3-1-2-4-15(11)19-16/h1-9H,10H2. The van der Waals surface area contributed by atoms with Gasteiger partial charge in [-0.3, -0.25) is 9.78 Å². The molecule has 1 aliphatic rings. The number of amides is 1. The van der Waals surface area contributed by atoms with Crippen LogP contribution >= 0.6 is 0 Å². The minimum atomic E-state index is -0.313. The number of pyridine rings is 1. The van der Waals surface area contributed by atoms with Crippen LogP contribution in [0.15, 0.2) is 54.6 Å². The maximum atomic E-state index is 13.0. The average molecular weight is 278 g/mol. The predicted octanol–water partition coefficient (Wildman–Crippen LogP) is 3.53. The minimum Gasteiger partial charge on any atom is -0.302 e. The second kappa shape index (κ2) is 4.38. The number of fused-ring (bicyclic) bond motifs is 2. The van der Waals surface area contributed by atoms with E-state index in [1.807, 2.05) is 30.3 Å². The van der Waals surface area contributed by atoms with Gasteiger partial charge in [0.25, 0.3) is 5.91 Å². The number of halogens is 1. The maximum Gasteiger partial charge on any atom is 0.260 e. The first-order valence-electron chi connectivity index (χ1n) is 6.68. The molecule has 0 saturated heterocycles. The molecule has 102 valence electrons. The largest absolute Gasteiger partial charge is 0.302 e. The van der Waals surface area contributed by atoms with Crippen molar-refractivity contribution in [2.75, 3.05) is 4.90 Å². The summed E-state index contributed by atoms with van der Waals surface area (Å²) >= 11 is 0. The quantitative estimate of drug-likeness (QED) is 0.682. The number of benzene rings is 2. The van der Waals surface area contributed by atoms with Gasteiger partial charge in [-0.05, 0) is 36.4 Å². The highest BCUT2D eigenvalue weighted by atomic mass is 19.1. The molecule has 0 atom stereocenters. The summed E-state index contributed by atoms with van der Waals surface area (Å²) < 4.78 is 13.0. The van der Waals surface area contributed by atoms with E-state index in [9.17, 15) is 9.18 Å². The van der Waals surface area contributed by atoms with Crippen molar-refractivity contribution in [3.63, 3.8) is 0 Å². The Morgan fingerprint density at radius 1 is 1.05 bits per heavy atom. The van der Waals surface area contributed by atoms with Gasteiger partial charge in [0, 0.05) is 11.1 Å². The summed E-state index contributed by atoms with van der Waals surface area (Å²) in [5.74, 6) is -0.401. The monoisotopic (exact) mass is 278 g/mol. The number of anilines is 1. The van der Waals surface area contributed by atoms with E-state index in [2.05, 4.69) is 4.98 Å². The van der Waals surface area contributed by atoms with E-state index in [0.29, 0.717) is 17.8 Å². The number of para-hydroxylation sites is 1. The Bertz CT molecular complexity index is 858. The van der Waals surface area contributed by atoms with Crippen LogP contribution in [0.3, 0.4) is 0 Å². The highest BCUT2D eigenvalue weighted by molar-refractivity contribution is 6.11. The smallest absolute Gasteiger partial charge is 0.260 e. The molecular formula is C17H11FN2O. The Balaban J connectivity index is 1.80. The average Bonchev–Trinajstić information content (AvgIpc) is 2.82. The zero-order valence-corrected chi connectivity index (χ0v) is 11.1. The van der Waals surface area contributed by atoms with Gasteiger partial charge in [-0.15, -0.1) is 0 Å². The van der Waals surface area contributed by atoms with Gasteiger partial charge in [0.15, 0.2) is 0 Å². The van der Waals surface area contributed by atoms with E-state index in [0.717, 1.165) is 16.6 Å². The van der Waals surface area contributed by atoms with Gasteiger partial charge in [-0.2, -0.15) is 0 Å². The van der Waals surface area contributed by atoms with Crippen LogP contribution in [0.25, 0.3) is 10.9 Å². The van der Waals surface area contributed by atoms with Gasteiger partial charge in [-0.25, -0.2) is 4.39 Å². The lowest BCUT2D eigenvalue weighted by Crippen LogP contribution is -2.22. The zero-order valence-electron chi connectivity index (χ0n) is 11.1. The van der Waals surface area contributed by atoms with E-state index < -0.39 is 0 Å². The molecule has 4 heteroatoms.